The molecule has 0 radical (unpaired) electrons. The lowest BCUT2D eigenvalue weighted by molar-refractivity contribution is 0.384. The van der Waals surface area contributed by atoms with Gasteiger partial charge < -0.3 is 9.09 Å². The number of imidazole rings is 1. The second-order valence-corrected chi connectivity index (χ2v) is 5.80. The average molecular weight is 289 g/mol. The van der Waals surface area contributed by atoms with Crippen molar-refractivity contribution in [2.24, 2.45) is 7.05 Å². The minimum Gasteiger partial charge on any atom is -0.338 e. The zero-order valence-electron chi connectivity index (χ0n) is 11.6. The van der Waals surface area contributed by atoms with Crippen LogP contribution in [0.4, 0.5) is 0 Å². The molecule has 0 fully saturated rings. The molecule has 3 heterocycles. The summed E-state index contributed by atoms with van der Waals surface area (Å²) in [5.74, 6) is 1.53. The van der Waals surface area contributed by atoms with Crippen molar-refractivity contribution in [1.82, 2.24) is 24.7 Å². The summed E-state index contributed by atoms with van der Waals surface area (Å²) in [5, 5.41) is 7.05. The molecular formula is C13H15N5OS. The topological polar surface area (TPSA) is 69.6 Å². The Morgan fingerprint density at radius 1 is 1.35 bits per heavy atom. The van der Waals surface area contributed by atoms with Crippen LogP contribution in [0.2, 0.25) is 0 Å². The van der Waals surface area contributed by atoms with Crippen molar-refractivity contribution in [2.45, 2.75) is 26.2 Å². The zero-order chi connectivity index (χ0) is 14.1. The summed E-state index contributed by atoms with van der Waals surface area (Å²) in [7, 11) is 1.94. The number of hydrogen-bond donors (Lipinski definition) is 0. The van der Waals surface area contributed by atoms with E-state index in [-0.39, 0.29) is 0 Å². The Kier molecular flexibility index (Phi) is 3.35. The molecule has 0 spiro atoms. The summed E-state index contributed by atoms with van der Waals surface area (Å²) < 4.78 is 7.21. The smallest absolute Gasteiger partial charge is 0.233 e. The molecule has 0 saturated heterocycles. The first-order valence-electron chi connectivity index (χ1n) is 6.37. The van der Waals surface area contributed by atoms with Gasteiger partial charge in [0.05, 0.1) is 17.8 Å². The summed E-state index contributed by atoms with van der Waals surface area (Å²) in [6.45, 7) is 4.24. The summed E-state index contributed by atoms with van der Waals surface area (Å²) in [6.07, 6.45) is 4.12. The predicted octanol–water partition coefficient (Wildman–Crippen LogP) is 2.64. The first-order valence-corrected chi connectivity index (χ1v) is 7.25. The van der Waals surface area contributed by atoms with E-state index in [1.165, 1.54) is 0 Å². The van der Waals surface area contributed by atoms with Crippen molar-refractivity contribution in [3.05, 3.63) is 34.5 Å². The van der Waals surface area contributed by atoms with Gasteiger partial charge in [-0.3, -0.25) is 0 Å². The Morgan fingerprint density at radius 2 is 2.20 bits per heavy atom. The van der Waals surface area contributed by atoms with Crippen molar-refractivity contribution >= 4 is 11.3 Å². The fraction of sp³-hybridized carbons (Fsp3) is 0.385. The fourth-order valence-corrected chi connectivity index (χ4v) is 2.61. The molecule has 6 nitrogen and oxygen atoms in total. The number of aryl methyl sites for hydroxylation is 1. The molecule has 0 aromatic carbocycles. The molecule has 104 valence electrons. The molecule has 0 atom stereocenters. The number of hydrogen-bond acceptors (Lipinski definition) is 6. The molecule has 3 aromatic heterocycles. The molecule has 0 unspecified atom stereocenters. The van der Waals surface area contributed by atoms with Crippen molar-refractivity contribution in [2.75, 3.05) is 0 Å². The van der Waals surface area contributed by atoms with Crippen LogP contribution in [0.3, 0.4) is 0 Å². The molecule has 0 amide bonds. The zero-order valence-corrected chi connectivity index (χ0v) is 12.4. The van der Waals surface area contributed by atoms with Crippen LogP contribution in [-0.4, -0.2) is 24.7 Å². The average Bonchev–Trinajstić information content (AvgIpc) is 3.11. The summed E-state index contributed by atoms with van der Waals surface area (Å²) in [5.41, 5.74) is 1.81. The van der Waals surface area contributed by atoms with Gasteiger partial charge in [-0.1, -0.05) is 19.0 Å². The Labute approximate surface area is 120 Å². The quantitative estimate of drug-likeness (QED) is 0.738. The van der Waals surface area contributed by atoms with Crippen LogP contribution >= 0.6 is 11.3 Å². The lowest BCUT2D eigenvalue weighted by Crippen LogP contribution is -1.96. The molecule has 0 aliphatic rings. The highest BCUT2D eigenvalue weighted by Crippen LogP contribution is 2.24. The summed E-state index contributed by atoms with van der Waals surface area (Å²) >= 11 is 1.62. The van der Waals surface area contributed by atoms with Gasteiger partial charge in [0, 0.05) is 30.2 Å². The van der Waals surface area contributed by atoms with Gasteiger partial charge >= 0.3 is 0 Å². The Bertz CT molecular complexity index is 712. The van der Waals surface area contributed by atoms with Gasteiger partial charge in [-0.2, -0.15) is 4.98 Å². The van der Waals surface area contributed by atoms with Gasteiger partial charge in [0.15, 0.2) is 0 Å². The molecule has 20 heavy (non-hydrogen) atoms. The fourth-order valence-electron chi connectivity index (χ4n) is 1.80. The van der Waals surface area contributed by atoms with E-state index in [0.717, 1.165) is 16.4 Å². The number of aromatic nitrogens is 5. The van der Waals surface area contributed by atoms with Crippen molar-refractivity contribution in [1.29, 1.82) is 0 Å². The standard InChI is InChI=1S/C13H15N5OS/c1-8(2)13-15-10(6-20-13)12-16-11(19-17-12)4-9-5-14-7-18(9)3/h5-8H,4H2,1-3H3. The van der Waals surface area contributed by atoms with E-state index < -0.39 is 0 Å². The third-order valence-electron chi connectivity index (χ3n) is 2.96. The van der Waals surface area contributed by atoms with E-state index in [0.29, 0.717) is 24.1 Å². The molecule has 0 bridgehead atoms. The first kappa shape index (κ1) is 13.0. The number of thiazole rings is 1. The van der Waals surface area contributed by atoms with Crippen LogP contribution in [-0.2, 0) is 13.5 Å². The second kappa shape index (κ2) is 5.16. The second-order valence-electron chi connectivity index (χ2n) is 4.91. The highest BCUT2D eigenvalue weighted by atomic mass is 32.1. The maximum atomic E-state index is 5.28. The van der Waals surface area contributed by atoms with E-state index in [2.05, 4.69) is 34.0 Å². The van der Waals surface area contributed by atoms with Crippen LogP contribution in [0.15, 0.2) is 22.4 Å². The molecule has 0 saturated carbocycles. The van der Waals surface area contributed by atoms with Gasteiger partial charge in [-0.25, -0.2) is 9.97 Å². The van der Waals surface area contributed by atoms with Gasteiger partial charge in [0.2, 0.25) is 11.7 Å². The predicted molar refractivity (Wildman–Crippen MR) is 75.5 cm³/mol. The highest BCUT2D eigenvalue weighted by molar-refractivity contribution is 7.10. The summed E-state index contributed by atoms with van der Waals surface area (Å²) in [4.78, 5) is 13.0. The molecule has 0 aliphatic carbocycles. The van der Waals surface area contributed by atoms with E-state index in [9.17, 15) is 0 Å². The van der Waals surface area contributed by atoms with Crippen molar-refractivity contribution in [3.8, 4) is 11.5 Å². The lowest BCUT2D eigenvalue weighted by atomic mass is 10.2. The lowest BCUT2D eigenvalue weighted by Gasteiger charge is -1.96. The third kappa shape index (κ3) is 2.49. The van der Waals surface area contributed by atoms with Crippen LogP contribution in [0.1, 0.15) is 36.4 Å². The van der Waals surface area contributed by atoms with Crippen molar-refractivity contribution in [3.63, 3.8) is 0 Å². The molecule has 3 aromatic rings. The van der Waals surface area contributed by atoms with Gasteiger partial charge in [-0.05, 0) is 0 Å². The molecule has 0 N–H and O–H groups in total. The molecule has 0 aliphatic heterocycles. The minimum atomic E-state index is 0.412. The van der Waals surface area contributed by atoms with Gasteiger partial charge in [0.1, 0.15) is 5.69 Å². The van der Waals surface area contributed by atoms with Crippen LogP contribution in [0, 0.1) is 0 Å². The first-order chi connectivity index (χ1) is 9.63. The number of nitrogens with zero attached hydrogens (tertiary/aromatic N) is 5. The number of rotatable bonds is 4. The van der Waals surface area contributed by atoms with Crippen molar-refractivity contribution < 1.29 is 4.52 Å². The monoisotopic (exact) mass is 289 g/mol. The van der Waals surface area contributed by atoms with E-state index >= 15 is 0 Å². The van der Waals surface area contributed by atoms with Gasteiger partial charge in [-0.15, -0.1) is 11.3 Å². The Morgan fingerprint density at radius 3 is 2.85 bits per heavy atom. The Balaban J connectivity index is 1.81. The third-order valence-corrected chi connectivity index (χ3v) is 4.11. The normalized spacial score (nSPS) is 11.4. The van der Waals surface area contributed by atoms with E-state index in [4.69, 9.17) is 4.52 Å². The molecular weight excluding hydrogens is 274 g/mol. The van der Waals surface area contributed by atoms with E-state index in [1.807, 2.05) is 17.0 Å². The molecule has 3 rings (SSSR count). The van der Waals surface area contributed by atoms with Crippen LogP contribution in [0.5, 0.6) is 0 Å². The van der Waals surface area contributed by atoms with Crippen LogP contribution in [0.25, 0.3) is 11.5 Å². The maximum Gasteiger partial charge on any atom is 0.233 e. The van der Waals surface area contributed by atoms with Crippen LogP contribution < -0.4 is 0 Å². The van der Waals surface area contributed by atoms with Gasteiger partial charge in [0.25, 0.3) is 0 Å². The largest absolute Gasteiger partial charge is 0.338 e. The SMILES string of the molecule is CC(C)c1nc(-c2noc(Cc3cncn3C)n2)cs1. The maximum absolute atomic E-state index is 5.28. The molecule has 7 heteroatoms. The minimum absolute atomic E-state index is 0.412. The Hall–Kier alpha value is -2.02. The summed E-state index contributed by atoms with van der Waals surface area (Å²) in [6, 6.07) is 0. The highest BCUT2D eigenvalue weighted by Gasteiger charge is 2.14. The van der Waals surface area contributed by atoms with E-state index in [1.54, 1.807) is 23.9 Å².